The van der Waals surface area contributed by atoms with Gasteiger partial charge in [0.25, 0.3) is 5.91 Å². The number of hydrogen-bond acceptors (Lipinski definition) is 4. The SMILES string of the molecule is CCCCC(=O)Nc1ccc(C(=O)NNC(=S)NC(=O)/C=C/c2cccc3ccccc23)cc1. The van der Waals surface area contributed by atoms with Crippen LogP contribution in [0.4, 0.5) is 5.69 Å². The van der Waals surface area contributed by atoms with E-state index in [9.17, 15) is 14.4 Å². The molecule has 8 heteroatoms. The second-order valence-electron chi connectivity index (χ2n) is 7.53. The number of hydrazine groups is 1. The van der Waals surface area contributed by atoms with Gasteiger partial charge in [-0.2, -0.15) is 0 Å². The minimum atomic E-state index is -0.438. The predicted octanol–water partition coefficient (Wildman–Crippen LogP) is 4.32. The molecule has 3 rings (SSSR count). The van der Waals surface area contributed by atoms with Crippen molar-refractivity contribution in [1.29, 1.82) is 0 Å². The van der Waals surface area contributed by atoms with Gasteiger partial charge in [-0.25, -0.2) is 0 Å². The van der Waals surface area contributed by atoms with Crippen LogP contribution in [0, 0.1) is 0 Å². The Labute approximate surface area is 203 Å². The lowest BCUT2D eigenvalue weighted by Gasteiger charge is -2.10. The number of rotatable bonds is 7. The number of carbonyl (C=O) groups is 3. The zero-order valence-electron chi connectivity index (χ0n) is 18.8. The van der Waals surface area contributed by atoms with E-state index in [1.54, 1.807) is 30.3 Å². The third-order valence-corrected chi connectivity index (χ3v) is 5.16. The number of unbranched alkanes of at least 4 members (excludes halogenated alkanes) is 1. The van der Waals surface area contributed by atoms with Gasteiger partial charge in [-0.05, 0) is 65.3 Å². The highest BCUT2D eigenvalue weighted by molar-refractivity contribution is 7.80. The van der Waals surface area contributed by atoms with E-state index < -0.39 is 11.8 Å². The van der Waals surface area contributed by atoms with Gasteiger partial charge in [0.1, 0.15) is 0 Å². The molecule has 0 spiro atoms. The molecule has 7 nitrogen and oxygen atoms in total. The van der Waals surface area contributed by atoms with Crippen LogP contribution in [0.1, 0.15) is 42.1 Å². The van der Waals surface area contributed by atoms with E-state index in [0.717, 1.165) is 29.2 Å². The standard InChI is InChI=1S/C26H26N4O3S/c1-2-3-11-23(31)27-21-15-12-20(13-16-21)25(33)29-30-26(34)28-24(32)17-14-19-9-6-8-18-7-4-5-10-22(18)19/h4-10,12-17H,2-3,11H2,1H3,(H,27,31)(H,29,33)(H2,28,30,32,34)/b17-14+. The first-order valence-corrected chi connectivity index (χ1v) is 11.3. The number of anilines is 1. The molecule has 0 saturated carbocycles. The number of hydrogen-bond donors (Lipinski definition) is 4. The predicted molar refractivity (Wildman–Crippen MR) is 139 cm³/mol. The van der Waals surface area contributed by atoms with E-state index in [4.69, 9.17) is 12.2 Å². The first kappa shape index (κ1) is 24.6. The molecule has 0 aliphatic rings. The van der Waals surface area contributed by atoms with Crippen molar-refractivity contribution in [2.45, 2.75) is 26.2 Å². The molecule has 0 aliphatic carbocycles. The minimum absolute atomic E-state index is 0.0410. The number of amides is 3. The molecular weight excluding hydrogens is 448 g/mol. The van der Waals surface area contributed by atoms with Crippen LogP contribution in [-0.4, -0.2) is 22.8 Å². The summed E-state index contributed by atoms with van der Waals surface area (Å²) in [6.07, 6.45) is 5.32. The second-order valence-corrected chi connectivity index (χ2v) is 7.94. The van der Waals surface area contributed by atoms with E-state index >= 15 is 0 Å². The van der Waals surface area contributed by atoms with Gasteiger partial charge in [0.15, 0.2) is 5.11 Å². The summed E-state index contributed by atoms with van der Waals surface area (Å²) < 4.78 is 0. The molecule has 0 unspecified atom stereocenters. The third kappa shape index (κ3) is 7.25. The Morgan fingerprint density at radius 2 is 1.65 bits per heavy atom. The molecular formula is C26H26N4O3S. The summed E-state index contributed by atoms with van der Waals surface area (Å²) in [5.74, 6) is -0.925. The summed E-state index contributed by atoms with van der Waals surface area (Å²) in [5.41, 5.74) is 6.83. The molecule has 0 atom stereocenters. The number of benzene rings is 3. The Morgan fingerprint density at radius 1 is 0.912 bits per heavy atom. The Hall–Kier alpha value is -4.04. The van der Waals surface area contributed by atoms with Crippen LogP contribution in [0.3, 0.4) is 0 Å². The van der Waals surface area contributed by atoms with Crippen molar-refractivity contribution in [2.24, 2.45) is 0 Å². The number of carbonyl (C=O) groups excluding carboxylic acids is 3. The van der Waals surface area contributed by atoms with Crippen molar-refractivity contribution in [2.75, 3.05) is 5.32 Å². The summed E-state index contributed by atoms with van der Waals surface area (Å²) in [6.45, 7) is 2.02. The monoisotopic (exact) mass is 474 g/mol. The fraction of sp³-hybridized carbons (Fsp3) is 0.154. The first-order valence-electron chi connectivity index (χ1n) is 10.9. The van der Waals surface area contributed by atoms with E-state index in [-0.39, 0.29) is 11.0 Å². The Kier molecular flexibility index (Phi) is 8.88. The van der Waals surface area contributed by atoms with Gasteiger partial charge in [0.2, 0.25) is 11.8 Å². The average Bonchev–Trinajstić information content (AvgIpc) is 2.85. The lowest BCUT2D eigenvalue weighted by atomic mass is 10.0. The number of fused-ring (bicyclic) bond motifs is 1. The molecule has 3 aromatic carbocycles. The van der Waals surface area contributed by atoms with Crippen LogP contribution in [0.5, 0.6) is 0 Å². The Balaban J connectivity index is 1.46. The van der Waals surface area contributed by atoms with Crippen LogP contribution < -0.4 is 21.5 Å². The highest BCUT2D eigenvalue weighted by Crippen LogP contribution is 2.19. The average molecular weight is 475 g/mol. The third-order valence-electron chi connectivity index (χ3n) is 4.95. The van der Waals surface area contributed by atoms with Gasteiger partial charge in [-0.1, -0.05) is 55.8 Å². The van der Waals surface area contributed by atoms with Gasteiger partial charge >= 0.3 is 0 Å². The van der Waals surface area contributed by atoms with Crippen LogP contribution in [-0.2, 0) is 9.59 Å². The van der Waals surface area contributed by atoms with Crippen LogP contribution in [0.15, 0.2) is 72.8 Å². The van der Waals surface area contributed by atoms with Gasteiger partial charge in [0.05, 0.1) is 0 Å². The number of nitrogens with one attached hydrogen (secondary N) is 4. The molecule has 3 aromatic rings. The molecule has 0 heterocycles. The summed E-state index contributed by atoms with van der Waals surface area (Å²) in [4.78, 5) is 36.3. The molecule has 0 saturated heterocycles. The topological polar surface area (TPSA) is 99.3 Å². The summed E-state index contributed by atoms with van der Waals surface area (Å²) >= 11 is 5.07. The molecule has 0 bridgehead atoms. The quantitative estimate of drug-likeness (QED) is 0.232. The van der Waals surface area contributed by atoms with Crippen molar-refractivity contribution in [3.8, 4) is 0 Å². The lowest BCUT2D eigenvalue weighted by Crippen LogP contribution is -2.48. The first-order chi connectivity index (χ1) is 16.5. The largest absolute Gasteiger partial charge is 0.326 e. The van der Waals surface area contributed by atoms with Gasteiger partial charge < -0.3 is 5.32 Å². The Bertz CT molecular complexity index is 1220. The van der Waals surface area contributed by atoms with Crippen LogP contribution in [0.25, 0.3) is 16.8 Å². The molecule has 0 radical (unpaired) electrons. The van der Waals surface area contributed by atoms with Crippen LogP contribution in [0.2, 0.25) is 0 Å². The van der Waals surface area contributed by atoms with E-state index in [2.05, 4.69) is 21.5 Å². The van der Waals surface area contributed by atoms with E-state index in [0.29, 0.717) is 17.7 Å². The zero-order chi connectivity index (χ0) is 24.3. The number of thiocarbonyl (C=S) groups is 1. The van der Waals surface area contributed by atoms with Crippen molar-refractivity contribution in [1.82, 2.24) is 16.2 Å². The maximum Gasteiger partial charge on any atom is 0.269 e. The van der Waals surface area contributed by atoms with Crippen LogP contribution >= 0.6 is 12.2 Å². The highest BCUT2D eigenvalue weighted by Gasteiger charge is 2.08. The van der Waals surface area contributed by atoms with Crippen molar-refractivity contribution in [3.05, 3.63) is 83.9 Å². The van der Waals surface area contributed by atoms with Gasteiger partial charge in [-0.15, -0.1) is 0 Å². The molecule has 0 fully saturated rings. The molecule has 174 valence electrons. The van der Waals surface area contributed by atoms with Crippen molar-refractivity contribution in [3.63, 3.8) is 0 Å². The Morgan fingerprint density at radius 3 is 2.41 bits per heavy atom. The second kappa shape index (κ2) is 12.3. The normalized spacial score (nSPS) is 10.6. The summed E-state index contributed by atoms with van der Waals surface area (Å²) in [7, 11) is 0. The van der Waals surface area contributed by atoms with E-state index in [1.807, 2.05) is 49.4 Å². The molecule has 0 aromatic heterocycles. The molecule has 3 amide bonds. The minimum Gasteiger partial charge on any atom is -0.326 e. The summed E-state index contributed by atoms with van der Waals surface area (Å²) in [6, 6.07) is 20.2. The zero-order valence-corrected chi connectivity index (χ0v) is 19.6. The molecule has 4 N–H and O–H groups in total. The highest BCUT2D eigenvalue weighted by atomic mass is 32.1. The van der Waals surface area contributed by atoms with E-state index in [1.165, 1.54) is 6.08 Å². The van der Waals surface area contributed by atoms with Crippen molar-refractivity contribution >= 4 is 57.6 Å². The lowest BCUT2D eigenvalue weighted by molar-refractivity contribution is -0.116. The maximum atomic E-state index is 12.3. The maximum absolute atomic E-state index is 12.3. The fourth-order valence-corrected chi connectivity index (χ4v) is 3.35. The van der Waals surface area contributed by atoms with Gasteiger partial charge in [-0.3, -0.25) is 30.6 Å². The smallest absolute Gasteiger partial charge is 0.269 e. The van der Waals surface area contributed by atoms with Crippen molar-refractivity contribution < 1.29 is 14.4 Å². The fourth-order valence-electron chi connectivity index (χ4n) is 3.20. The van der Waals surface area contributed by atoms with Gasteiger partial charge in [0, 0.05) is 23.7 Å². The summed E-state index contributed by atoms with van der Waals surface area (Å²) in [5, 5.41) is 7.35. The molecule has 0 aliphatic heterocycles. The molecule has 34 heavy (non-hydrogen) atoms.